The highest BCUT2D eigenvalue weighted by Crippen LogP contribution is 2.29. The van der Waals surface area contributed by atoms with Crippen molar-refractivity contribution in [2.45, 2.75) is 119 Å². The van der Waals surface area contributed by atoms with Gasteiger partial charge in [-0.25, -0.2) is 0 Å². The second-order valence-corrected chi connectivity index (χ2v) is 11.6. The van der Waals surface area contributed by atoms with E-state index in [4.69, 9.17) is 0 Å². The fourth-order valence-electron chi connectivity index (χ4n) is 5.55. The Morgan fingerprint density at radius 2 is 1.49 bits per heavy atom. The summed E-state index contributed by atoms with van der Waals surface area (Å²) in [6, 6.07) is 9.10. The standard InChI is InChI=1S/C35H53N5O3/c1-7-13-16-26(11-5)24-39(25-27(12-6)17-14-8-2)33(41)28-18-20-29(21-19-28)37-38-32-30(15-9-3)31(23-36)34(42)40(22-10-4)35(32)43/h18-21,26-27,42H,7-17,22,24-25H2,1-6H3. The van der Waals surface area contributed by atoms with Crippen LogP contribution in [-0.4, -0.2) is 33.6 Å². The maximum atomic E-state index is 13.8. The largest absolute Gasteiger partial charge is 0.493 e. The Labute approximate surface area is 258 Å². The van der Waals surface area contributed by atoms with Crippen molar-refractivity contribution in [2.75, 3.05) is 13.1 Å². The Morgan fingerprint density at radius 1 is 0.907 bits per heavy atom. The monoisotopic (exact) mass is 591 g/mol. The molecule has 1 aromatic carbocycles. The Balaban J connectivity index is 2.39. The lowest BCUT2D eigenvalue weighted by molar-refractivity contribution is 0.0685. The van der Waals surface area contributed by atoms with E-state index >= 15 is 0 Å². The maximum absolute atomic E-state index is 13.8. The number of nitriles is 1. The Kier molecular flexibility index (Phi) is 15.7. The molecule has 2 atom stereocenters. The molecule has 0 saturated heterocycles. The first-order valence-corrected chi connectivity index (χ1v) is 16.5. The second-order valence-electron chi connectivity index (χ2n) is 11.6. The first-order chi connectivity index (χ1) is 20.8. The van der Waals surface area contributed by atoms with Crippen LogP contribution in [0.2, 0.25) is 0 Å². The molecule has 0 saturated carbocycles. The topological polar surface area (TPSA) is 111 Å². The van der Waals surface area contributed by atoms with Gasteiger partial charge in [0.25, 0.3) is 11.5 Å². The minimum atomic E-state index is -0.463. The van der Waals surface area contributed by atoms with Gasteiger partial charge in [0.15, 0.2) is 5.69 Å². The molecule has 2 aromatic rings. The van der Waals surface area contributed by atoms with Gasteiger partial charge < -0.3 is 10.0 Å². The van der Waals surface area contributed by atoms with Crippen LogP contribution in [0.3, 0.4) is 0 Å². The molecule has 1 amide bonds. The molecule has 0 radical (unpaired) electrons. The first kappa shape index (κ1) is 35.7. The van der Waals surface area contributed by atoms with Gasteiger partial charge in [0.05, 0.1) is 5.69 Å². The summed E-state index contributed by atoms with van der Waals surface area (Å²) >= 11 is 0. The Hall–Kier alpha value is -3.47. The minimum absolute atomic E-state index is 0.0401. The molecule has 0 aliphatic rings. The Morgan fingerprint density at radius 3 is 1.95 bits per heavy atom. The molecule has 1 aromatic heterocycles. The molecule has 0 spiro atoms. The third kappa shape index (κ3) is 10.0. The number of unbranched alkanes of at least 4 members (excludes halogenated alkanes) is 2. The van der Waals surface area contributed by atoms with Gasteiger partial charge in [0.2, 0.25) is 5.88 Å². The molecule has 0 aliphatic carbocycles. The number of rotatable bonds is 19. The second kappa shape index (κ2) is 18.9. The van der Waals surface area contributed by atoms with Gasteiger partial charge in [-0.15, -0.1) is 5.11 Å². The van der Waals surface area contributed by atoms with Gasteiger partial charge in [-0.1, -0.05) is 86.5 Å². The summed E-state index contributed by atoms with van der Waals surface area (Å²) in [5.74, 6) is 0.694. The van der Waals surface area contributed by atoms with Crippen LogP contribution in [0.25, 0.3) is 0 Å². The fraction of sp³-hybridized carbons (Fsp3) is 0.629. The maximum Gasteiger partial charge on any atom is 0.281 e. The fourth-order valence-corrected chi connectivity index (χ4v) is 5.55. The van der Waals surface area contributed by atoms with Gasteiger partial charge in [0, 0.05) is 30.8 Å². The van der Waals surface area contributed by atoms with E-state index in [1.807, 2.05) is 19.9 Å². The van der Waals surface area contributed by atoms with Crippen molar-refractivity contribution in [3.8, 4) is 11.9 Å². The molecule has 0 aliphatic heterocycles. The number of carbonyl (C=O) groups is 1. The molecule has 1 heterocycles. The van der Waals surface area contributed by atoms with Gasteiger partial charge in [0.1, 0.15) is 11.6 Å². The molecule has 2 rings (SSSR count). The zero-order chi connectivity index (χ0) is 31.8. The van der Waals surface area contributed by atoms with E-state index in [1.165, 1.54) is 17.4 Å². The summed E-state index contributed by atoms with van der Waals surface area (Å²) in [6.07, 6.45) is 10.7. The van der Waals surface area contributed by atoms with Crippen molar-refractivity contribution in [2.24, 2.45) is 22.1 Å². The summed E-state index contributed by atoms with van der Waals surface area (Å²) in [5.41, 5.74) is 1.21. The van der Waals surface area contributed by atoms with Crippen LogP contribution in [-0.2, 0) is 13.0 Å². The molecule has 8 heteroatoms. The lowest BCUT2D eigenvalue weighted by Gasteiger charge is -2.31. The normalized spacial score (nSPS) is 12.8. The third-order valence-electron chi connectivity index (χ3n) is 8.28. The van der Waals surface area contributed by atoms with E-state index < -0.39 is 5.56 Å². The van der Waals surface area contributed by atoms with Crippen molar-refractivity contribution in [3.05, 3.63) is 51.3 Å². The van der Waals surface area contributed by atoms with Crippen LogP contribution in [0.4, 0.5) is 11.4 Å². The molecule has 236 valence electrons. The predicted octanol–water partition coefficient (Wildman–Crippen LogP) is 9.08. The number of carbonyl (C=O) groups excluding carboxylic acids is 1. The van der Waals surface area contributed by atoms with E-state index in [2.05, 4.69) is 42.8 Å². The molecular formula is C35H53N5O3. The van der Waals surface area contributed by atoms with Crippen LogP contribution in [0.5, 0.6) is 5.88 Å². The molecule has 1 N–H and O–H groups in total. The summed E-state index contributed by atoms with van der Waals surface area (Å²) in [6.45, 7) is 14.5. The number of pyridine rings is 1. The molecular weight excluding hydrogens is 538 g/mol. The van der Waals surface area contributed by atoms with E-state index in [0.717, 1.165) is 51.6 Å². The van der Waals surface area contributed by atoms with Crippen molar-refractivity contribution < 1.29 is 9.90 Å². The zero-order valence-corrected chi connectivity index (χ0v) is 27.4. The molecule has 8 nitrogen and oxygen atoms in total. The highest BCUT2D eigenvalue weighted by atomic mass is 16.3. The summed E-state index contributed by atoms with van der Waals surface area (Å²) < 4.78 is 1.19. The van der Waals surface area contributed by atoms with Gasteiger partial charge >= 0.3 is 0 Å². The highest BCUT2D eigenvalue weighted by Gasteiger charge is 2.23. The number of benzene rings is 1. The average molecular weight is 592 g/mol. The average Bonchev–Trinajstić information content (AvgIpc) is 3.02. The third-order valence-corrected chi connectivity index (χ3v) is 8.28. The van der Waals surface area contributed by atoms with Crippen molar-refractivity contribution in [1.29, 1.82) is 5.26 Å². The van der Waals surface area contributed by atoms with Crippen LogP contribution in [0.15, 0.2) is 39.3 Å². The van der Waals surface area contributed by atoms with Gasteiger partial charge in [-0.2, -0.15) is 10.4 Å². The summed E-state index contributed by atoms with van der Waals surface area (Å²) in [4.78, 5) is 29.1. The van der Waals surface area contributed by atoms with Crippen molar-refractivity contribution in [3.63, 3.8) is 0 Å². The molecule has 0 fully saturated rings. The van der Waals surface area contributed by atoms with Crippen LogP contribution < -0.4 is 5.56 Å². The van der Waals surface area contributed by atoms with E-state index in [9.17, 15) is 20.0 Å². The first-order valence-electron chi connectivity index (χ1n) is 16.5. The lowest BCUT2D eigenvalue weighted by atomic mass is 9.95. The molecule has 0 bridgehead atoms. The highest BCUT2D eigenvalue weighted by molar-refractivity contribution is 5.94. The molecule has 2 unspecified atom stereocenters. The number of nitrogens with zero attached hydrogens (tertiary/aromatic N) is 5. The number of hydrogen-bond acceptors (Lipinski definition) is 6. The number of amides is 1. The Bertz CT molecular complexity index is 1260. The number of aromatic nitrogens is 1. The van der Waals surface area contributed by atoms with Gasteiger partial charge in [-0.05, 0) is 61.8 Å². The van der Waals surface area contributed by atoms with E-state index in [1.54, 1.807) is 24.3 Å². The van der Waals surface area contributed by atoms with Crippen LogP contribution in [0.1, 0.15) is 127 Å². The van der Waals surface area contributed by atoms with Crippen LogP contribution in [0, 0.1) is 23.2 Å². The quantitative estimate of drug-likeness (QED) is 0.164. The predicted molar refractivity (Wildman–Crippen MR) is 175 cm³/mol. The summed E-state index contributed by atoms with van der Waals surface area (Å²) in [5, 5.41) is 28.9. The van der Waals surface area contributed by atoms with E-state index in [0.29, 0.717) is 47.9 Å². The number of azo groups is 1. The number of hydrogen-bond donors (Lipinski definition) is 1. The minimum Gasteiger partial charge on any atom is -0.493 e. The number of aromatic hydroxyl groups is 1. The van der Waals surface area contributed by atoms with Crippen molar-refractivity contribution in [1.82, 2.24) is 9.47 Å². The summed E-state index contributed by atoms with van der Waals surface area (Å²) in [7, 11) is 0. The molecule has 43 heavy (non-hydrogen) atoms. The van der Waals surface area contributed by atoms with Crippen LogP contribution >= 0.6 is 0 Å². The smallest absolute Gasteiger partial charge is 0.281 e. The lowest BCUT2D eigenvalue weighted by Crippen LogP contribution is -2.39. The van der Waals surface area contributed by atoms with Gasteiger partial charge in [-0.3, -0.25) is 14.2 Å². The van der Waals surface area contributed by atoms with Crippen molar-refractivity contribution >= 4 is 17.3 Å². The zero-order valence-electron chi connectivity index (χ0n) is 27.4. The SMILES string of the molecule is CCCCC(CC)CN(CC(CC)CCCC)C(=O)c1ccc(N=Nc2c(CCC)c(C#N)c(O)n(CCC)c2=O)cc1. The van der Waals surface area contributed by atoms with E-state index in [-0.39, 0.29) is 29.6 Å².